The number of pyridine rings is 1. The molecule has 34 heavy (non-hydrogen) atoms. The van der Waals surface area contributed by atoms with Crippen LogP contribution in [-0.4, -0.2) is 44.3 Å². The van der Waals surface area contributed by atoms with Gasteiger partial charge in [0.05, 0.1) is 0 Å². The molecule has 2 amide bonds. The number of primary amides is 1. The summed E-state index contributed by atoms with van der Waals surface area (Å²) < 4.78 is 7.13. The molecule has 0 spiro atoms. The number of anilines is 3. The Kier molecular flexibility index (Phi) is 6.58. The largest absolute Gasteiger partial charge is 0.444 e. The van der Waals surface area contributed by atoms with Crippen molar-refractivity contribution in [2.75, 3.05) is 10.6 Å². The van der Waals surface area contributed by atoms with Crippen molar-refractivity contribution in [2.45, 2.75) is 64.1 Å². The Morgan fingerprint density at radius 1 is 1.03 bits per heavy atom. The molecule has 10 nitrogen and oxygen atoms in total. The summed E-state index contributed by atoms with van der Waals surface area (Å²) in [7, 11) is 0. The van der Waals surface area contributed by atoms with Gasteiger partial charge in [-0.1, -0.05) is 6.07 Å². The second-order valence-electron chi connectivity index (χ2n) is 9.52. The van der Waals surface area contributed by atoms with Crippen molar-refractivity contribution >= 4 is 35.1 Å². The molecule has 0 unspecified atom stereocenters. The quantitative estimate of drug-likeness (QED) is 0.434. The van der Waals surface area contributed by atoms with E-state index >= 15 is 0 Å². The molecule has 1 saturated carbocycles. The lowest BCUT2D eigenvalue weighted by molar-refractivity contribution is 0.0492. The zero-order chi connectivity index (χ0) is 24.3. The number of alkyl carbamates (subject to hydrolysis) is 1. The first-order valence-electron chi connectivity index (χ1n) is 11.4. The summed E-state index contributed by atoms with van der Waals surface area (Å²) in [6.45, 7) is 5.58. The van der Waals surface area contributed by atoms with Crippen LogP contribution >= 0.6 is 0 Å². The lowest BCUT2D eigenvalue weighted by atomic mass is 9.91. The van der Waals surface area contributed by atoms with Gasteiger partial charge >= 0.3 is 6.09 Å². The van der Waals surface area contributed by atoms with Crippen molar-refractivity contribution in [3.8, 4) is 0 Å². The van der Waals surface area contributed by atoms with Gasteiger partial charge in [0.1, 0.15) is 11.4 Å². The molecule has 2 aromatic heterocycles. The van der Waals surface area contributed by atoms with Crippen LogP contribution in [0.3, 0.4) is 0 Å². The van der Waals surface area contributed by atoms with Crippen molar-refractivity contribution in [2.24, 2.45) is 5.73 Å². The third kappa shape index (κ3) is 5.94. The number of carbonyl (C=O) groups is 2. The number of benzene rings is 1. The van der Waals surface area contributed by atoms with Crippen LogP contribution in [0, 0.1) is 0 Å². The third-order valence-corrected chi connectivity index (χ3v) is 5.59. The van der Waals surface area contributed by atoms with Crippen molar-refractivity contribution in [1.82, 2.24) is 19.9 Å². The van der Waals surface area contributed by atoms with Crippen LogP contribution < -0.4 is 21.7 Å². The fraction of sp³-hybridized carbons (Fsp3) is 0.417. The van der Waals surface area contributed by atoms with Gasteiger partial charge in [0.2, 0.25) is 11.9 Å². The van der Waals surface area contributed by atoms with E-state index in [1.54, 1.807) is 28.8 Å². The van der Waals surface area contributed by atoms with Crippen LogP contribution in [0.4, 0.5) is 22.2 Å². The van der Waals surface area contributed by atoms with Gasteiger partial charge in [0.25, 0.3) is 0 Å². The van der Waals surface area contributed by atoms with Crippen molar-refractivity contribution in [1.29, 1.82) is 0 Å². The molecule has 1 aromatic carbocycles. The number of nitrogens with one attached hydrogen (secondary N) is 3. The molecule has 1 fully saturated rings. The minimum Gasteiger partial charge on any atom is -0.444 e. The predicted octanol–water partition coefficient (Wildman–Crippen LogP) is 3.82. The molecule has 180 valence electrons. The zero-order valence-corrected chi connectivity index (χ0v) is 19.7. The van der Waals surface area contributed by atoms with Crippen molar-refractivity contribution < 1.29 is 14.3 Å². The van der Waals surface area contributed by atoms with E-state index in [4.69, 9.17) is 10.5 Å². The Hall–Kier alpha value is -3.82. The first-order chi connectivity index (χ1) is 16.2. The summed E-state index contributed by atoms with van der Waals surface area (Å²) in [5, 5.41) is 14.3. The van der Waals surface area contributed by atoms with E-state index in [-0.39, 0.29) is 18.2 Å². The maximum absolute atomic E-state index is 12.0. The number of carbonyl (C=O) groups excluding carboxylic acids is 2. The Morgan fingerprint density at radius 2 is 1.71 bits per heavy atom. The topological polar surface area (TPSA) is 136 Å². The molecule has 0 saturated heterocycles. The van der Waals surface area contributed by atoms with E-state index in [1.807, 2.05) is 39.0 Å². The zero-order valence-electron chi connectivity index (χ0n) is 19.7. The van der Waals surface area contributed by atoms with Crippen LogP contribution in [0.5, 0.6) is 0 Å². The highest BCUT2D eigenvalue weighted by Crippen LogP contribution is 2.24. The number of nitrogens with zero attached hydrogens (tertiary/aromatic N) is 3. The van der Waals surface area contributed by atoms with Crippen LogP contribution in [0.1, 0.15) is 56.8 Å². The number of aromatic nitrogens is 3. The fourth-order valence-corrected chi connectivity index (χ4v) is 3.98. The molecule has 1 aliphatic rings. The number of hydrogen-bond donors (Lipinski definition) is 4. The maximum atomic E-state index is 12.0. The first kappa shape index (κ1) is 23.3. The average molecular weight is 466 g/mol. The van der Waals surface area contributed by atoms with Gasteiger partial charge in [-0.25, -0.2) is 4.79 Å². The molecule has 0 radical (unpaired) electrons. The van der Waals surface area contributed by atoms with Gasteiger partial charge in [0.15, 0.2) is 5.65 Å². The Balaban J connectivity index is 1.36. The lowest BCUT2D eigenvalue weighted by Crippen LogP contribution is -2.42. The summed E-state index contributed by atoms with van der Waals surface area (Å²) >= 11 is 0. The Labute approximate surface area is 198 Å². The summed E-state index contributed by atoms with van der Waals surface area (Å²) in [5.41, 5.74) is 6.70. The van der Waals surface area contributed by atoms with E-state index in [2.05, 4.69) is 26.0 Å². The lowest BCUT2D eigenvalue weighted by Gasteiger charge is -2.31. The van der Waals surface area contributed by atoms with E-state index in [1.165, 1.54) is 0 Å². The molecule has 0 aliphatic heterocycles. The number of hydrogen-bond acceptors (Lipinski definition) is 7. The number of fused-ring (bicyclic) bond motifs is 1. The average Bonchev–Trinajstić information content (AvgIpc) is 3.17. The number of ether oxygens (including phenoxy) is 1. The van der Waals surface area contributed by atoms with Crippen LogP contribution in [-0.2, 0) is 4.74 Å². The molecule has 5 N–H and O–H groups in total. The van der Waals surface area contributed by atoms with E-state index in [9.17, 15) is 9.59 Å². The SMILES string of the molecule is CC(C)(C)OC(=O)N[C@H]1CC[C@@H](Nc2cccc3nc(Nc4ccc(C(N)=O)cc4)nn23)CC1. The number of nitrogens with two attached hydrogens (primary N) is 1. The predicted molar refractivity (Wildman–Crippen MR) is 130 cm³/mol. The summed E-state index contributed by atoms with van der Waals surface area (Å²) in [5.74, 6) is 0.833. The maximum Gasteiger partial charge on any atom is 0.407 e. The molecule has 10 heteroatoms. The van der Waals surface area contributed by atoms with Crippen LogP contribution in [0.15, 0.2) is 42.5 Å². The third-order valence-electron chi connectivity index (χ3n) is 5.59. The standard InChI is InChI=1S/C24H31N7O3/c1-24(2,3)34-23(33)28-18-13-11-16(12-14-18)26-19-5-4-6-20-29-22(30-31(19)20)27-17-9-7-15(8-10-17)21(25)32/h4-10,16,18,26H,11-14H2,1-3H3,(H2,25,32)(H,27,30)(H,28,33)/t16-,18+. The molecule has 2 heterocycles. The minimum atomic E-state index is -0.500. The second-order valence-corrected chi connectivity index (χ2v) is 9.52. The van der Waals surface area contributed by atoms with E-state index in [0.717, 1.165) is 37.2 Å². The summed E-state index contributed by atoms with van der Waals surface area (Å²) in [4.78, 5) is 27.8. The van der Waals surface area contributed by atoms with Gasteiger partial charge in [0, 0.05) is 23.3 Å². The highest BCUT2D eigenvalue weighted by Gasteiger charge is 2.25. The van der Waals surface area contributed by atoms with Gasteiger partial charge in [-0.2, -0.15) is 9.50 Å². The van der Waals surface area contributed by atoms with Crippen molar-refractivity contribution in [3.05, 3.63) is 48.0 Å². The molecule has 4 rings (SSSR count). The van der Waals surface area contributed by atoms with Gasteiger partial charge in [-0.05, 0) is 82.9 Å². The first-order valence-corrected chi connectivity index (χ1v) is 11.4. The molecule has 3 aromatic rings. The molecule has 1 aliphatic carbocycles. The number of amides is 2. The molecule has 0 atom stereocenters. The van der Waals surface area contributed by atoms with Crippen molar-refractivity contribution in [3.63, 3.8) is 0 Å². The van der Waals surface area contributed by atoms with E-state index < -0.39 is 11.5 Å². The normalized spacial score (nSPS) is 18.3. The summed E-state index contributed by atoms with van der Waals surface area (Å²) in [6.07, 6.45) is 3.23. The molecular weight excluding hydrogens is 434 g/mol. The highest BCUT2D eigenvalue weighted by atomic mass is 16.6. The van der Waals surface area contributed by atoms with Gasteiger partial charge in [-0.15, -0.1) is 5.10 Å². The van der Waals surface area contributed by atoms with Gasteiger partial charge < -0.3 is 26.4 Å². The monoisotopic (exact) mass is 465 g/mol. The van der Waals surface area contributed by atoms with Crippen LogP contribution in [0.2, 0.25) is 0 Å². The molecular formula is C24H31N7O3. The Morgan fingerprint density at radius 3 is 2.35 bits per heavy atom. The minimum absolute atomic E-state index is 0.117. The van der Waals surface area contributed by atoms with Crippen LogP contribution in [0.25, 0.3) is 5.65 Å². The summed E-state index contributed by atoms with van der Waals surface area (Å²) in [6, 6.07) is 13.0. The fourth-order valence-electron chi connectivity index (χ4n) is 3.98. The number of rotatable bonds is 6. The second kappa shape index (κ2) is 9.58. The van der Waals surface area contributed by atoms with E-state index in [0.29, 0.717) is 17.2 Å². The van der Waals surface area contributed by atoms with Gasteiger partial charge in [-0.3, -0.25) is 4.79 Å². The highest BCUT2D eigenvalue weighted by molar-refractivity contribution is 5.93. The Bertz CT molecular complexity index is 1160. The molecule has 0 bridgehead atoms. The smallest absolute Gasteiger partial charge is 0.407 e.